The third-order valence-corrected chi connectivity index (χ3v) is 6.64. The predicted molar refractivity (Wildman–Crippen MR) is 103 cm³/mol. The van der Waals surface area contributed by atoms with Crippen LogP contribution in [0.15, 0.2) is 21.3 Å². The van der Waals surface area contributed by atoms with Crippen molar-refractivity contribution in [2.24, 2.45) is 0 Å². The van der Waals surface area contributed by atoms with Gasteiger partial charge in [0.25, 0.3) is 0 Å². The van der Waals surface area contributed by atoms with Crippen LogP contribution in [0.1, 0.15) is 58.4 Å². The first-order valence-electron chi connectivity index (χ1n) is 10.3. The van der Waals surface area contributed by atoms with Gasteiger partial charge in [-0.25, -0.2) is 13.6 Å². The van der Waals surface area contributed by atoms with Gasteiger partial charge in [-0.05, 0) is 52.4 Å². The van der Waals surface area contributed by atoms with Crippen LogP contribution in [-0.4, -0.2) is 40.8 Å². The summed E-state index contributed by atoms with van der Waals surface area (Å²) in [6.07, 6.45) is 6.26. The fourth-order valence-electron chi connectivity index (χ4n) is 5.00. The van der Waals surface area contributed by atoms with Gasteiger partial charge in [0.05, 0.1) is 11.6 Å². The van der Waals surface area contributed by atoms with Gasteiger partial charge in [-0.15, -0.1) is 0 Å². The van der Waals surface area contributed by atoms with Crippen LogP contribution in [0.4, 0.5) is 8.78 Å². The Bertz CT molecular complexity index is 891. The molecule has 0 unspecified atom stereocenters. The van der Waals surface area contributed by atoms with Gasteiger partial charge < -0.3 is 9.15 Å². The lowest BCUT2D eigenvalue weighted by atomic mass is 9.79. The molecule has 2 heterocycles. The largest absolute Gasteiger partial charge is 0.420 e. The SMILES string of the molecule is CCOC1CCC(C)(N2CCC(n3c(=O)oc4c(F)cc(F)cc43)CC2)CC1. The molecule has 1 saturated carbocycles. The van der Waals surface area contributed by atoms with E-state index >= 15 is 0 Å². The molecule has 0 radical (unpaired) electrons. The number of rotatable bonds is 4. The summed E-state index contributed by atoms with van der Waals surface area (Å²) >= 11 is 0. The van der Waals surface area contributed by atoms with E-state index in [-0.39, 0.29) is 22.7 Å². The second kappa shape index (κ2) is 7.59. The number of fused-ring (bicyclic) bond motifs is 1. The van der Waals surface area contributed by atoms with Gasteiger partial charge in [0.15, 0.2) is 11.4 Å². The molecule has 0 atom stereocenters. The highest BCUT2D eigenvalue weighted by Gasteiger charge is 2.38. The maximum absolute atomic E-state index is 13.9. The summed E-state index contributed by atoms with van der Waals surface area (Å²) in [5.41, 5.74) is 0.208. The van der Waals surface area contributed by atoms with E-state index in [1.807, 2.05) is 6.92 Å². The van der Waals surface area contributed by atoms with Crippen molar-refractivity contribution < 1.29 is 17.9 Å². The second-order valence-corrected chi connectivity index (χ2v) is 8.34. The molecule has 1 aliphatic heterocycles. The molecule has 0 N–H and O–H groups in total. The average molecular weight is 394 g/mol. The summed E-state index contributed by atoms with van der Waals surface area (Å²) < 4.78 is 39.9. The zero-order valence-electron chi connectivity index (χ0n) is 16.5. The van der Waals surface area contributed by atoms with E-state index in [0.29, 0.717) is 6.10 Å². The van der Waals surface area contributed by atoms with E-state index in [1.54, 1.807) is 0 Å². The molecular weight excluding hydrogens is 366 g/mol. The molecule has 0 amide bonds. The van der Waals surface area contributed by atoms with Gasteiger partial charge in [0.2, 0.25) is 0 Å². The number of piperidine rings is 1. The summed E-state index contributed by atoms with van der Waals surface area (Å²) in [6.45, 7) is 6.84. The van der Waals surface area contributed by atoms with Crippen molar-refractivity contribution in [2.45, 2.75) is 70.1 Å². The quantitative estimate of drug-likeness (QED) is 0.778. The van der Waals surface area contributed by atoms with Gasteiger partial charge in [-0.2, -0.15) is 0 Å². The van der Waals surface area contributed by atoms with Crippen LogP contribution in [0.2, 0.25) is 0 Å². The number of halogens is 2. The number of ether oxygens (including phenoxy) is 1. The standard InChI is InChI=1S/C21H28F2N2O3/c1-3-27-16-4-8-21(2,9-5-16)24-10-6-15(7-11-24)25-18-13-14(22)12-17(23)19(18)28-20(25)26/h12-13,15-16H,3-11H2,1-2H3. The third-order valence-electron chi connectivity index (χ3n) is 6.64. The highest BCUT2D eigenvalue weighted by molar-refractivity contribution is 5.73. The van der Waals surface area contributed by atoms with Crippen molar-refractivity contribution in [3.05, 3.63) is 34.3 Å². The Morgan fingerprint density at radius 3 is 2.50 bits per heavy atom. The van der Waals surface area contributed by atoms with Crippen molar-refractivity contribution in [3.63, 3.8) is 0 Å². The van der Waals surface area contributed by atoms with Crippen LogP contribution in [0.5, 0.6) is 0 Å². The molecule has 1 aromatic heterocycles. The first kappa shape index (κ1) is 19.6. The molecule has 5 nitrogen and oxygen atoms in total. The Kier molecular flexibility index (Phi) is 5.31. The monoisotopic (exact) mass is 394 g/mol. The van der Waals surface area contributed by atoms with Crippen molar-refractivity contribution in [1.29, 1.82) is 0 Å². The maximum Gasteiger partial charge on any atom is 0.420 e. The first-order chi connectivity index (χ1) is 13.4. The zero-order valence-corrected chi connectivity index (χ0v) is 16.5. The Hall–Kier alpha value is -1.73. The number of hydrogen-bond acceptors (Lipinski definition) is 4. The smallest absolute Gasteiger partial charge is 0.405 e. The molecule has 1 saturated heterocycles. The average Bonchev–Trinajstić information content (AvgIpc) is 3.00. The van der Waals surface area contributed by atoms with Crippen molar-refractivity contribution in [2.75, 3.05) is 19.7 Å². The van der Waals surface area contributed by atoms with Gasteiger partial charge in [0.1, 0.15) is 5.82 Å². The normalized spacial score (nSPS) is 27.5. The minimum atomic E-state index is -0.832. The summed E-state index contributed by atoms with van der Waals surface area (Å²) in [5.74, 6) is -2.14. The Morgan fingerprint density at radius 2 is 1.86 bits per heavy atom. The molecule has 2 fully saturated rings. The number of likely N-dealkylation sites (tertiary alicyclic amines) is 1. The van der Waals surface area contributed by atoms with Crippen molar-refractivity contribution in [1.82, 2.24) is 9.47 Å². The lowest BCUT2D eigenvalue weighted by molar-refractivity contribution is -0.0274. The molecule has 7 heteroatoms. The summed E-state index contributed by atoms with van der Waals surface area (Å²) in [7, 11) is 0. The maximum atomic E-state index is 13.9. The number of hydrogen-bond donors (Lipinski definition) is 0. The molecule has 0 bridgehead atoms. The van der Waals surface area contributed by atoms with E-state index in [4.69, 9.17) is 9.15 Å². The first-order valence-corrected chi connectivity index (χ1v) is 10.3. The van der Waals surface area contributed by atoms with E-state index in [0.717, 1.165) is 64.3 Å². The summed E-state index contributed by atoms with van der Waals surface area (Å²) in [4.78, 5) is 14.8. The van der Waals surface area contributed by atoms with Crippen LogP contribution >= 0.6 is 0 Å². The number of nitrogens with zero attached hydrogens (tertiary/aromatic N) is 2. The number of aromatic nitrogens is 1. The highest BCUT2D eigenvalue weighted by atomic mass is 19.1. The fraction of sp³-hybridized carbons (Fsp3) is 0.667. The topological polar surface area (TPSA) is 47.6 Å². The summed E-state index contributed by atoms with van der Waals surface area (Å²) in [6, 6.07) is 1.83. The van der Waals surface area contributed by atoms with Gasteiger partial charge >= 0.3 is 5.76 Å². The van der Waals surface area contributed by atoms with Crippen LogP contribution < -0.4 is 5.76 Å². The van der Waals surface area contributed by atoms with E-state index < -0.39 is 17.4 Å². The number of benzene rings is 1. The van der Waals surface area contributed by atoms with Crippen LogP contribution in [0.25, 0.3) is 11.1 Å². The molecular formula is C21H28F2N2O3. The van der Waals surface area contributed by atoms with Gasteiger partial charge in [-0.1, -0.05) is 0 Å². The Balaban J connectivity index is 1.47. The van der Waals surface area contributed by atoms with Crippen molar-refractivity contribution >= 4 is 11.1 Å². The Morgan fingerprint density at radius 1 is 1.18 bits per heavy atom. The molecule has 154 valence electrons. The van der Waals surface area contributed by atoms with E-state index in [1.165, 1.54) is 10.6 Å². The molecule has 1 aromatic carbocycles. The molecule has 2 aromatic rings. The minimum Gasteiger partial charge on any atom is -0.405 e. The Labute approximate surface area is 163 Å². The zero-order chi connectivity index (χ0) is 19.9. The molecule has 0 spiro atoms. The van der Waals surface area contributed by atoms with Crippen LogP contribution in [0, 0.1) is 11.6 Å². The van der Waals surface area contributed by atoms with Gasteiger partial charge in [-0.3, -0.25) is 9.47 Å². The number of oxazole rings is 1. The highest BCUT2D eigenvalue weighted by Crippen LogP contribution is 2.38. The predicted octanol–water partition coefficient (Wildman–Crippen LogP) is 4.25. The fourth-order valence-corrected chi connectivity index (χ4v) is 5.00. The minimum absolute atomic E-state index is 0.102. The van der Waals surface area contributed by atoms with Crippen molar-refractivity contribution in [3.8, 4) is 0 Å². The molecule has 2 aliphatic rings. The lowest BCUT2D eigenvalue weighted by Gasteiger charge is -2.48. The summed E-state index contributed by atoms with van der Waals surface area (Å²) in [5, 5.41) is 0. The lowest BCUT2D eigenvalue weighted by Crippen LogP contribution is -2.52. The second-order valence-electron chi connectivity index (χ2n) is 8.34. The third kappa shape index (κ3) is 3.50. The molecule has 4 rings (SSSR count). The molecule has 1 aliphatic carbocycles. The van der Waals surface area contributed by atoms with E-state index in [9.17, 15) is 13.6 Å². The van der Waals surface area contributed by atoms with Crippen LogP contribution in [-0.2, 0) is 4.74 Å². The van der Waals surface area contributed by atoms with E-state index in [2.05, 4.69) is 11.8 Å². The van der Waals surface area contributed by atoms with Crippen LogP contribution in [0.3, 0.4) is 0 Å². The van der Waals surface area contributed by atoms with Gasteiger partial charge in [0, 0.05) is 43.4 Å². The molecule has 28 heavy (non-hydrogen) atoms.